The molecule has 6 heteroatoms. The molecule has 0 aliphatic carbocycles. The van der Waals surface area contributed by atoms with Crippen LogP contribution in [-0.2, 0) is 14.3 Å². The van der Waals surface area contributed by atoms with E-state index in [1.165, 1.54) is 15.5 Å². The Hall–Kier alpha value is -1.92. The number of ether oxygens (including phenoxy) is 1. The topological polar surface area (TPSA) is 63.1 Å². The zero-order valence-corrected chi connectivity index (χ0v) is 13.7. The Kier molecular flexibility index (Phi) is 4.63. The van der Waals surface area contributed by atoms with Gasteiger partial charge in [0.05, 0.1) is 19.6 Å². The van der Waals surface area contributed by atoms with Gasteiger partial charge in [-0.3, -0.25) is 19.4 Å². The molecule has 0 spiro atoms. The van der Waals surface area contributed by atoms with Crippen molar-refractivity contribution in [3.63, 3.8) is 0 Å². The SMILES string of the molecule is CC(C)N1C(=O)CC(Nc2ccc([NH+]3CCOCC3)cc2)C1=O. The summed E-state index contributed by atoms with van der Waals surface area (Å²) in [5.41, 5.74) is 2.11. The quantitative estimate of drug-likeness (QED) is 0.778. The first-order valence-electron chi connectivity index (χ1n) is 8.21. The molecule has 23 heavy (non-hydrogen) atoms. The molecule has 2 N–H and O–H groups in total. The van der Waals surface area contributed by atoms with Gasteiger partial charge in [0.25, 0.3) is 5.91 Å². The summed E-state index contributed by atoms with van der Waals surface area (Å²) in [6, 6.07) is 7.57. The van der Waals surface area contributed by atoms with Crippen LogP contribution < -0.4 is 10.2 Å². The number of carbonyl (C=O) groups excluding carboxylic acids is 2. The fourth-order valence-corrected chi connectivity index (χ4v) is 3.22. The Balaban J connectivity index is 1.64. The number of hydrogen-bond acceptors (Lipinski definition) is 4. The van der Waals surface area contributed by atoms with Crippen molar-refractivity contribution in [3.05, 3.63) is 24.3 Å². The number of amides is 2. The Morgan fingerprint density at radius 3 is 2.39 bits per heavy atom. The minimum absolute atomic E-state index is 0.0888. The van der Waals surface area contributed by atoms with Crippen molar-refractivity contribution in [3.8, 4) is 0 Å². The normalized spacial score (nSPS) is 22.9. The Labute approximate surface area is 136 Å². The summed E-state index contributed by atoms with van der Waals surface area (Å²) >= 11 is 0. The lowest BCUT2D eigenvalue weighted by Crippen LogP contribution is -3.09. The average molecular weight is 318 g/mol. The van der Waals surface area contributed by atoms with E-state index in [-0.39, 0.29) is 24.3 Å². The highest BCUT2D eigenvalue weighted by Crippen LogP contribution is 2.21. The van der Waals surface area contributed by atoms with Crippen LogP contribution in [0, 0.1) is 0 Å². The van der Waals surface area contributed by atoms with E-state index < -0.39 is 6.04 Å². The summed E-state index contributed by atoms with van der Waals surface area (Å²) in [6.45, 7) is 7.26. The minimum Gasteiger partial charge on any atom is -0.373 e. The lowest BCUT2D eigenvalue weighted by Gasteiger charge is -2.23. The predicted molar refractivity (Wildman–Crippen MR) is 86.6 cm³/mol. The van der Waals surface area contributed by atoms with Crippen LogP contribution in [0.1, 0.15) is 20.3 Å². The molecule has 2 amide bonds. The molecule has 124 valence electrons. The molecule has 0 saturated carbocycles. The maximum Gasteiger partial charge on any atom is 0.252 e. The molecule has 1 aromatic carbocycles. The van der Waals surface area contributed by atoms with Gasteiger partial charge in [-0.25, -0.2) is 0 Å². The monoisotopic (exact) mass is 318 g/mol. The molecule has 2 aliphatic heterocycles. The van der Waals surface area contributed by atoms with Crippen molar-refractivity contribution in [2.75, 3.05) is 31.6 Å². The molecule has 1 unspecified atom stereocenters. The molecule has 0 radical (unpaired) electrons. The first kappa shape index (κ1) is 16.0. The number of benzene rings is 1. The molecule has 1 aromatic rings. The maximum atomic E-state index is 12.3. The highest BCUT2D eigenvalue weighted by molar-refractivity contribution is 6.07. The summed E-state index contributed by atoms with van der Waals surface area (Å²) in [5.74, 6) is -0.232. The maximum absolute atomic E-state index is 12.3. The summed E-state index contributed by atoms with van der Waals surface area (Å²) in [5, 5.41) is 3.19. The third-order valence-electron chi connectivity index (χ3n) is 4.43. The molecule has 2 saturated heterocycles. The van der Waals surface area contributed by atoms with Gasteiger partial charge in [-0.2, -0.15) is 0 Å². The molecular formula is C17H24N3O3+. The number of likely N-dealkylation sites (tertiary alicyclic amines) is 1. The fraction of sp³-hybridized carbons (Fsp3) is 0.529. The van der Waals surface area contributed by atoms with E-state index in [0.717, 1.165) is 32.0 Å². The number of rotatable bonds is 4. The Morgan fingerprint density at radius 2 is 1.83 bits per heavy atom. The number of hydrogen-bond donors (Lipinski definition) is 2. The molecule has 1 atom stereocenters. The van der Waals surface area contributed by atoms with Gasteiger partial charge >= 0.3 is 0 Å². The van der Waals surface area contributed by atoms with Gasteiger partial charge in [-0.15, -0.1) is 0 Å². The van der Waals surface area contributed by atoms with Crippen LogP contribution in [-0.4, -0.2) is 55.1 Å². The van der Waals surface area contributed by atoms with Crippen LogP contribution in [0.15, 0.2) is 24.3 Å². The standard InChI is InChI=1S/C17H23N3O3/c1-12(2)20-16(21)11-15(17(20)22)18-13-3-5-14(6-4-13)19-7-9-23-10-8-19/h3-6,12,15,18H,7-11H2,1-2H3/p+1. The van der Waals surface area contributed by atoms with Gasteiger partial charge in [0.1, 0.15) is 24.8 Å². The summed E-state index contributed by atoms with van der Waals surface area (Å²) < 4.78 is 5.38. The minimum atomic E-state index is -0.452. The van der Waals surface area contributed by atoms with Crippen molar-refractivity contribution < 1.29 is 19.2 Å². The number of nitrogens with zero attached hydrogens (tertiary/aromatic N) is 1. The zero-order valence-electron chi connectivity index (χ0n) is 13.7. The van der Waals surface area contributed by atoms with Crippen LogP contribution in [0.25, 0.3) is 0 Å². The van der Waals surface area contributed by atoms with E-state index >= 15 is 0 Å². The van der Waals surface area contributed by atoms with Crippen molar-refractivity contribution in [1.29, 1.82) is 0 Å². The van der Waals surface area contributed by atoms with E-state index in [2.05, 4.69) is 17.4 Å². The van der Waals surface area contributed by atoms with E-state index in [0.29, 0.717) is 0 Å². The van der Waals surface area contributed by atoms with Gasteiger partial charge < -0.3 is 10.1 Å². The second-order valence-corrected chi connectivity index (χ2v) is 6.39. The molecule has 2 fully saturated rings. The number of anilines is 1. The third-order valence-corrected chi connectivity index (χ3v) is 4.43. The van der Waals surface area contributed by atoms with Crippen molar-refractivity contribution in [1.82, 2.24) is 4.90 Å². The lowest BCUT2D eigenvalue weighted by atomic mass is 10.2. The van der Waals surface area contributed by atoms with Crippen LogP contribution in [0.3, 0.4) is 0 Å². The highest BCUT2D eigenvalue weighted by Gasteiger charge is 2.39. The molecular weight excluding hydrogens is 294 g/mol. The van der Waals surface area contributed by atoms with Crippen molar-refractivity contribution in [2.24, 2.45) is 0 Å². The predicted octanol–water partition coefficient (Wildman–Crippen LogP) is 0.181. The van der Waals surface area contributed by atoms with Crippen molar-refractivity contribution in [2.45, 2.75) is 32.4 Å². The Bertz CT molecular complexity index is 579. The lowest BCUT2D eigenvalue weighted by molar-refractivity contribution is -0.842. The molecule has 2 aliphatic rings. The van der Waals surface area contributed by atoms with Gasteiger partial charge in [0.15, 0.2) is 0 Å². The molecule has 6 nitrogen and oxygen atoms in total. The van der Waals surface area contributed by atoms with E-state index in [4.69, 9.17) is 4.74 Å². The van der Waals surface area contributed by atoms with E-state index in [9.17, 15) is 9.59 Å². The molecule has 0 bridgehead atoms. The Morgan fingerprint density at radius 1 is 1.17 bits per heavy atom. The zero-order chi connectivity index (χ0) is 16.4. The summed E-state index contributed by atoms with van der Waals surface area (Å²) in [4.78, 5) is 27.0. The van der Waals surface area contributed by atoms with E-state index in [1.54, 1.807) is 0 Å². The fourth-order valence-electron chi connectivity index (χ4n) is 3.22. The number of quaternary nitrogens is 1. The summed E-state index contributed by atoms with van der Waals surface area (Å²) in [7, 11) is 0. The average Bonchev–Trinajstić information content (AvgIpc) is 2.83. The summed E-state index contributed by atoms with van der Waals surface area (Å²) in [6.07, 6.45) is 0.230. The largest absolute Gasteiger partial charge is 0.373 e. The van der Waals surface area contributed by atoms with Gasteiger partial charge in [-0.05, 0) is 26.0 Å². The van der Waals surface area contributed by atoms with Gasteiger partial charge in [0.2, 0.25) is 5.91 Å². The first-order chi connectivity index (χ1) is 11.1. The van der Waals surface area contributed by atoms with Crippen LogP contribution in [0.4, 0.5) is 11.4 Å². The van der Waals surface area contributed by atoms with E-state index in [1.807, 2.05) is 26.0 Å². The van der Waals surface area contributed by atoms with Crippen LogP contribution in [0.5, 0.6) is 0 Å². The molecule has 0 aromatic heterocycles. The number of imide groups is 1. The number of morpholine rings is 1. The van der Waals surface area contributed by atoms with Crippen LogP contribution in [0.2, 0.25) is 0 Å². The second-order valence-electron chi connectivity index (χ2n) is 6.39. The van der Waals surface area contributed by atoms with Gasteiger partial charge in [-0.1, -0.05) is 0 Å². The first-order valence-corrected chi connectivity index (χ1v) is 8.21. The second kappa shape index (κ2) is 6.68. The number of carbonyl (C=O) groups is 2. The van der Waals surface area contributed by atoms with Crippen molar-refractivity contribution >= 4 is 23.2 Å². The third kappa shape index (κ3) is 3.38. The molecule has 3 rings (SSSR count). The number of nitrogens with one attached hydrogen (secondary N) is 2. The smallest absolute Gasteiger partial charge is 0.252 e. The van der Waals surface area contributed by atoms with Crippen LogP contribution >= 0.6 is 0 Å². The highest BCUT2D eigenvalue weighted by atomic mass is 16.5. The van der Waals surface area contributed by atoms with Gasteiger partial charge in [0, 0.05) is 23.9 Å². The molecule has 2 heterocycles.